The van der Waals surface area contributed by atoms with E-state index in [1.54, 1.807) is 0 Å². The first-order valence-electron chi connectivity index (χ1n) is 12.2. The van der Waals surface area contributed by atoms with Gasteiger partial charge in [0, 0.05) is 19.1 Å². The van der Waals surface area contributed by atoms with Crippen molar-refractivity contribution in [2.75, 3.05) is 19.6 Å². The second-order valence-electron chi connectivity index (χ2n) is 10.4. The van der Waals surface area contributed by atoms with Gasteiger partial charge in [-0.15, -0.1) is 0 Å². The van der Waals surface area contributed by atoms with Gasteiger partial charge in [0.05, 0.1) is 6.04 Å². The molecule has 1 fully saturated rings. The Kier molecular flexibility index (Phi) is 10.5. The highest BCUT2D eigenvalue weighted by molar-refractivity contribution is 5.82. The number of carbonyl (C=O) groups is 2. The molecule has 1 heterocycles. The minimum Gasteiger partial charge on any atom is -0.444 e. The largest absolute Gasteiger partial charge is 0.444 e. The Labute approximate surface area is 194 Å². The molecule has 1 aliphatic rings. The summed E-state index contributed by atoms with van der Waals surface area (Å²) >= 11 is 0. The minimum absolute atomic E-state index is 0.0378. The Hall–Kier alpha value is -2.08. The number of ether oxygens (including phenoxy) is 1. The molecule has 0 spiro atoms. The molecule has 2 amide bonds. The first-order valence-corrected chi connectivity index (χ1v) is 12.2. The number of benzene rings is 1. The lowest BCUT2D eigenvalue weighted by Gasteiger charge is -2.30. The molecule has 0 radical (unpaired) electrons. The number of nitrogens with zero attached hydrogens (tertiary/aromatic N) is 1. The quantitative estimate of drug-likeness (QED) is 0.491. The number of alkyl carbamates (subject to hydrolysis) is 1. The molecule has 180 valence electrons. The van der Waals surface area contributed by atoms with Gasteiger partial charge in [0.15, 0.2) is 0 Å². The summed E-state index contributed by atoms with van der Waals surface area (Å²) in [6, 6.07) is 10.3. The standard InChI is InChI=1S/C26H43N3O3/c1-20(2)18-22(28-25(31)32-26(3,4)5)19-29-17-11-15-23(29)24(30)27-16-10-9-14-21-12-7-6-8-13-21/h6-8,12-13,20,22-23H,9-11,14-19H2,1-5H3,(H,27,30)(H,28,31)/t22?,23-/m0/s1. The predicted octanol–water partition coefficient (Wildman–Crippen LogP) is 4.53. The number of likely N-dealkylation sites (tertiary alicyclic amines) is 1. The zero-order valence-electron chi connectivity index (χ0n) is 20.7. The van der Waals surface area contributed by atoms with E-state index < -0.39 is 5.60 Å². The van der Waals surface area contributed by atoms with Crippen molar-refractivity contribution < 1.29 is 14.3 Å². The average Bonchev–Trinajstić information content (AvgIpc) is 3.14. The van der Waals surface area contributed by atoms with Gasteiger partial charge in [0.1, 0.15) is 5.60 Å². The van der Waals surface area contributed by atoms with E-state index in [9.17, 15) is 9.59 Å². The molecule has 1 aromatic carbocycles. The van der Waals surface area contributed by atoms with Crippen molar-refractivity contribution in [3.63, 3.8) is 0 Å². The Balaban J connectivity index is 1.79. The second-order valence-corrected chi connectivity index (χ2v) is 10.4. The van der Waals surface area contributed by atoms with Crippen LogP contribution in [0, 0.1) is 5.92 Å². The maximum atomic E-state index is 12.8. The number of carbonyl (C=O) groups excluding carboxylic acids is 2. The summed E-state index contributed by atoms with van der Waals surface area (Å²) in [7, 11) is 0. The van der Waals surface area contributed by atoms with Crippen LogP contribution in [0.15, 0.2) is 30.3 Å². The molecule has 1 aliphatic heterocycles. The van der Waals surface area contributed by atoms with Crippen LogP contribution in [0.5, 0.6) is 0 Å². The van der Waals surface area contributed by atoms with Gasteiger partial charge in [-0.25, -0.2) is 4.79 Å². The molecule has 1 unspecified atom stereocenters. The van der Waals surface area contributed by atoms with E-state index >= 15 is 0 Å². The minimum atomic E-state index is -0.525. The summed E-state index contributed by atoms with van der Waals surface area (Å²) in [6.07, 6.45) is 5.42. The van der Waals surface area contributed by atoms with E-state index in [2.05, 4.69) is 53.6 Å². The SMILES string of the molecule is CC(C)CC(CN1CCC[C@H]1C(=O)NCCCCc1ccccc1)NC(=O)OC(C)(C)C. The van der Waals surface area contributed by atoms with E-state index in [4.69, 9.17) is 4.74 Å². The molecule has 1 aromatic rings. The first-order chi connectivity index (χ1) is 15.1. The van der Waals surface area contributed by atoms with Gasteiger partial charge < -0.3 is 15.4 Å². The third-order valence-electron chi connectivity index (χ3n) is 5.63. The monoisotopic (exact) mass is 445 g/mol. The lowest BCUT2D eigenvalue weighted by molar-refractivity contribution is -0.125. The molecule has 0 saturated carbocycles. The van der Waals surface area contributed by atoms with Crippen LogP contribution in [-0.4, -0.2) is 54.2 Å². The molecular weight excluding hydrogens is 402 g/mol. The average molecular weight is 446 g/mol. The van der Waals surface area contributed by atoms with E-state index in [1.165, 1.54) is 5.56 Å². The number of amides is 2. The van der Waals surface area contributed by atoms with Gasteiger partial charge in [0.25, 0.3) is 0 Å². The van der Waals surface area contributed by atoms with E-state index in [1.807, 2.05) is 26.8 Å². The number of rotatable bonds is 11. The smallest absolute Gasteiger partial charge is 0.407 e. The van der Waals surface area contributed by atoms with Crippen LogP contribution in [0.4, 0.5) is 4.79 Å². The molecule has 32 heavy (non-hydrogen) atoms. The van der Waals surface area contributed by atoms with Gasteiger partial charge in [-0.1, -0.05) is 44.2 Å². The van der Waals surface area contributed by atoms with Gasteiger partial charge in [-0.3, -0.25) is 9.69 Å². The van der Waals surface area contributed by atoms with Crippen LogP contribution in [0.25, 0.3) is 0 Å². The van der Waals surface area contributed by atoms with Crippen molar-refractivity contribution in [1.82, 2.24) is 15.5 Å². The van der Waals surface area contributed by atoms with Crippen LogP contribution < -0.4 is 10.6 Å². The molecule has 1 saturated heterocycles. The molecule has 2 N–H and O–H groups in total. The van der Waals surface area contributed by atoms with E-state index in [-0.39, 0.29) is 24.1 Å². The van der Waals surface area contributed by atoms with Gasteiger partial charge >= 0.3 is 6.09 Å². The van der Waals surface area contributed by atoms with Crippen molar-refractivity contribution in [3.8, 4) is 0 Å². The number of nitrogens with one attached hydrogen (secondary N) is 2. The van der Waals surface area contributed by atoms with Crippen LogP contribution in [0.1, 0.15) is 72.3 Å². The van der Waals surface area contributed by atoms with Gasteiger partial charge in [0.2, 0.25) is 5.91 Å². The molecule has 2 rings (SSSR count). The van der Waals surface area contributed by atoms with Crippen molar-refractivity contribution >= 4 is 12.0 Å². The van der Waals surface area contributed by atoms with Gasteiger partial charge in [-0.05, 0) is 77.3 Å². The Morgan fingerprint density at radius 1 is 1.16 bits per heavy atom. The van der Waals surface area contributed by atoms with Crippen LogP contribution >= 0.6 is 0 Å². The number of hydrogen-bond donors (Lipinski definition) is 2. The summed E-state index contributed by atoms with van der Waals surface area (Å²) in [5.74, 6) is 0.553. The fourth-order valence-corrected chi connectivity index (χ4v) is 4.28. The molecule has 6 heteroatoms. The molecule has 0 bridgehead atoms. The Morgan fingerprint density at radius 2 is 1.88 bits per heavy atom. The summed E-state index contributed by atoms with van der Waals surface area (Å²) in [5.41, 5.74) is 0.817. The maximum Gasteiger partial charge on any atom is 0.407 e. The van der Waals surface area contributed by atoms with Crippen LogP contribution in [0.3, 0.4) is 0 Å². The molecule has 0 aromatic heterocycles. The highest BCUT2D eigenvalue weighted by atomic mass is 16.6. The maximum absolute atomic E-state index is 12.8. The third-order valence-corrected chi connectivity index (χ3v) is 5.63. The Morgan fingerprint density at radius 3 is 2.53 bits per heavy atom. The zero-order chi connectivity index (χ0) is 23.6. The van der Waals surface area contributed by atoms with Crippen molar-refractivity contribution in [1.29, 1.82) is 0 Å². The normalized spacial score (nSPS) is 17.9. The second kappa shape index (κ2) is 12.8. The number of unbranched alkanes of at least 4 members (excludes halogenated alkanes) is 1. The van der Waals surface area contributed by atoms with Crippen molar-refractivity contribution in [2.45, 2.75) is 90.8 Å². The lowest BCUT2D eigenvalue weighted by Crippen LogP contribution is -2.50. The van der Waals surface area contributed by atoms with E-state index in [0.717, 1.165) is 45.1 Å². The number of aryl methyl sites for hydroxylation is 1. The molecule has 2 atom stereocenters. The van der Waals surface area contributed by atoms with Crippen LogP contribution in [-0.2, 0) is 16.0 Å². The Bertz CT molecular complexity index is 700. The molecular formula is C26H43N3O3. The third kappa shape index (κ3) is 10.0. The number of hydrogen-bond acceptors (Lipinski definition) is 4. The van der Waals surface area contributed by atoms with Gasteiger partial charge in [-0.2, -0.15) is 0 Å². The molecule has 0 aliphatic carbocycles. The summed E-state index contributed by atoms with van der Waals surface area (Å²) in [4.78, 5) is 27.4. The summed E-state index contributed by atoms with van der Waals surface area (Å²) in [6.45, 7) is 12.2. The summed E-state index contributed by atoms with van der Waals surface area (Å²) in [5, 5.41) is 6.17. The van der Waals surface area contributed by atoms with E-state index in [0.29, 0.717) is 19.0 Å². The topological polar surface area (TPSA) is 70.7 Å². The fraction of sp³-hybridized carbons (Fsp3) is 0.692. The fourth-order valence-electron chi connectivity index (χ4n) is 4.28. The summed E-state index contributed by atoms with van der Waals surface area (Å²) < 4.78 is 5.45. The zero-order valence-corrected chi connectivity index (χ0v) is 20.7. The van der Waals surface area contributed by atoms with Crippen LogP contribution in [0.2, 0.25) is 0 Å². The highest BCUT2D eigenvalue weighted by Gasteiger charge is 2.32. The molecule has 6 nitrogen and oxygen atoms in total. The lowest BCUT2D eigenvalue weighted by atomic mass is 10.0. The predicted molar refractivity (Wildman–Crippen MR) is 130 cm³/mol. The first kappa shape index (κ1) is 26.2. The highest BCUT2D eigenvalue weighted by Crippen LogP contribution is 2.20. The van der Waals surface area contributed by atoms with Crippen molar-refractivity contribution in [2.24, 2.45) is 5.92 Å². The van der Waals surface area contributed by atoms with Crippen molar-refractivity contribution in [3.05, 3.63) is 35.9 Å².